The zero-order valence-corrected chi connectivity index (χ0v) is 19.6. The van der Waals surface area contributed by atoms with Gasteiger partial charge >= 0.3 is 12.3 Å². The van der Waals surface area contributed by atoms with Crippen molar-refractivity contribution in [3.8, 4) is 11.5 Å². The summed E-state index contributed by atoms with van der Waals surface area (Å²) in [5.74, 6) is 0.694. The number of amides is 1. The topological polar surface area (TPSA) is 68.5 Å². The van der Waals surface area contributed by atoms with Crippen molar-refractivity contribution in [1.29, 1.82) is 0 Å². The lowest BCUT2D eigenvalue weighted by Crippen LogP contribution is -2.37. The number of hydrogen-bond donors (Lipinski definition) is 0. The largest absolute Gasteiger partial charge is 0.444 e. The molecular weight excluding hydrogens is 447 g/mol. The van der Waals surface area contributed by atoms with Gasteiger partial charge < -0.3 is 14.1 Å². The summed E-state index contributed by atoms with van der Waals surface area (Å²) in [7, 11) is 0. The Kier molecular flexibility index (Phi) is 7.64. The van der Waals surface area contributed by atoms with Gasteiger partial charge in [0.1, 0.15) is 5.60 Å². The van der Waals surface area contributed by atoms with E-state index in [0.717, 1.165) is 23.3 Å². The molecule has 0 saturated carbocycles. The first-order valence-electron chi connectivity index (χ1n) is 11.0. The highest BCUT2D eigenvalue weighted by Gasteiger charge is 2.30. The maximum absolute atomic E-state index is 12.8. The smallest absolute Gasteiger partial charge is 0.416 e. The number of alkyl halides is 3. The molecular formula is C25H28F3N3O3. The van der Waals surface area contributed by atoms with E-state index in [0.29, 0.717) is 43.3 Å². The molecule has 1 amide bonds. The number of carbonyl (C=O) groups is 1. The summed E-state index contributed by atoms with van der Waals surface area (Å²) in [4.78, 5) is 13.9. The van der Waals surface area contributed by atoms with Crippen molar-refractivity contribution < 1.29 is 27.1 Å². The second-order valence-electron chi connectivity index (χ2n) is 8.84. The van der Waals surface area contributed by atoms with Gasteiger partial charge in [0.05, 0.1) is 5.56 Å². The molecule has 1 aromatic heterocycles. The molecule has 0 fully saturated rings. The fourth-order valence-corrected chi connectivity index (χ4v) is 3.31. The minimum Gasteiger partial charge on any atom is -0.444 e. The van der Waals surface area contributed by atoms with Gasteiger partial charge in [-0.3, -0.25) is 0 Å². The summed E-state index contributed by atoms with van der Waals surface area (Å²) in [6, 6.07) is 12.5. The third kappa shape index (κ3) is 6.82. The molecule has 2 aromatic carbocycles. The number of ether oxygens (including phenoxy) is 1. The Morgan fingerprint density at radius 3 is 2.32 bits per heavy atom. The zero-order chi connectivity index (χ0) is 24.9. The molecule has 0 aliphatic heterocycles. The van der Waals surface area contributed by atoms with E-state index in [-0.39, 0.29) is 0 Å². The van der Waals surface area contributed by atoms with Crippen molar-refractivity contribution in [2.45, 2.75) is 52.3 Å². The quantitative estimate of drug-likeness (QED) is 0.410. The van der Waals surface area contributed by atoms with Crippen LogP contribution < -0.4 is 0 Å². The van der Waals surface area contributed by atoms with Crippen LogP contribution in [-0.2, 0) is 23.8 Å². The van der Waals surface area contributed by atoms with Crippen LogP contribution in [0.5, 0.6) is 0 Å². The first-order valence-corrected chi connectivity index (χ1v) is 11.0. The van der Waals surface area contributed by atoms with E-state index >= 15 is 0 Å². The van der Waals surface area contributed by atoms with Gasteiger partial charge in [0.25, 0.3) is 0 Å². The molecule has 0 bridgehead atoms. The molecule has 0 radical (unpaired) electrons. The highest BCUT2D eigenvalue weighted by Crippen LogP contribution is 2.30. The molecule has 0 saturated heterocycles. The van der Waals surface area contributed by atoms with Gasteiger partial charge in [0.2, 0.25) is 11.8 Å². The Morgan fingerprint density at radius 1 is 1.03 bits per heavy atom. The Hall–Kier alpha value is -3.36. The second-order valence-corrected chi connectivity index (χ2v) is 8.84. The Morgan fingerprint density at radius 2 is 1.71 bits per heavy atom. The predicted molar refractivity (Wildman–Crippen MR) is 121 cm³/mol. The molecule has 0 N–H and O–H groups in total. The number of likely N-dealkylation sites (N-methyl/N-ethyl adjacent to an activating group) is 1. The van der Waals surface area contributed by atoms with Crippen LogP contribution in [0.15, 0.2) is 52.9 Å². The zero-order valence-electron chi connectivity index (χ0n) is 19.6. The van der Waals surface area contributed by atoms with Gasteiger partial charge in [-0.05, 0) is 63.4 Å². The van der Waals surface area contributed by atoms with E-state index in [2.05, 4.69) is 10.2 Å². The van der Waals surface area contributed by atoms with Crippen molar-refractivity contribution in [3.63, 3.8) is 0 Å². The molecule has 6 nitrogen and oxygen atoms in total. The molecule has 1 heterocycles. The van der Waals surface area contributed by atoms with Crippen molar-refractivity contribution in [1.82, 2.24) is 15.1 Å². The van der Waals surface area contributed by atoms with E-state index in [1.54, 1.807) is 4.90 Å². The number of nitrogens with zero attached hydrogens (tertiary/aromatic N) is 3. The summed E-state index contributed by atoms with van der Waals surface area (Å²) in [5.41, 5.74) is 1.02. The molecule has 182 valence electrons. The van der Waals surface area contributed by atoms with Crippen molar-refractivity contribution >= 4 is 6.09 Å². The highest BCUT2D eigenvalue weighted by molar-refractivity contribution is 5.68. The SMILES string of the molecule is CCN(CCc1nnc(-c2ccccc2Cc2ccc(C(F)(F)F)cc2)o1)C(=O)OC(C)(C)C. The number of rotatable bonds is 7. The van der Waals surface area contributed by atoms with Crippen LogP contribution in [0.1, 0.15) is 50.3 Å². The third-order valence-electron chi connectivity index (χ3n) is 5.02. The predicted octanol–water partition coefficient (Wildman–Crippen LogP) is 6.15. The lowest BCUT2D eigenvalue weighted by molar-refractivity contribution is -0.137. The van der Waals surface area contributed by atoms with Crippen LogP contribution in [0.2, 0.25) is 0 Å². The van der Waals surface area contributed by atoms with Crippen molar-refractivity contribution in [3.05, 3.63) is 71.1 Å². The summed E-state index contributed by atoms with van der Waals surface area (Å²) in [6.07, 6.45) is -4.00. The molecule has 0 spiro atoms. The maximum Gasteiger partial charge on any atom is 0.416 e. The van der Waals surface area contributed by atoms with Crippen molar-refractivity contribution in [2.75, 3.05) is 13.1 Å². The lowest BCUT2D eigenvalue weighted by atomic mass is 9.99. The fraction of sp³-hybridized carbons (Fsp3) is 0.400. The Balaban J connectivity index is 1.70. The van der Waals surface area contributed by atoms with E-state index in [4.69, 9.17) is 9.15 Å². The summed E-state index contributed by atoms with van der Waals surface area (Å²) in [5, 5.41) is 8.24. The Labute approximate surface area is 196 Å². The third-order valence-corrected chi connectivity index (χ3v) is 5.02. The average Bonchev–Trinajstić information content (AvgIpc) is 3.22. The van der Waals surface area contributed by atoms with Crippen LogP contribution in [0.3, 0.4) is 0 Å². The first-order chi connectivity index (χ1) is 16.0. The van der Waals surface area contributed by atoms with E-state index in [1.807, 2.05) is 52.0 Å². The van der Waals surface area contributed by atoms with Crippen LogP contribution in [0, 0.1) is 0 Å². The molecule has 0 atom stereocenters. The Bertz CT molecular complexity index is 1100. The van der Waals surface area contributed by atoms with Gasteiger partial charge in [0, 0.05) is 25.1 Å². The number of benzene rings is 2. The van der Waals surface area contributed by atoms with E-state index in [9.17, 15) is 18.0 Å². The number of hydrogen-bond acceptors (Lipinski definition) is 5. The van der Waals surface area contributed by atoms with Crippen molar-refractivity contribution in [2.24, 2.45) is 0 Å². The molecule has 34 heavy (non-hydrogen) atoms. The monoisotopic (exact) mass is 475 g/mol. The van der Waals surface area contributed by atoms with Crippen LogP contribution >= 0.6 is 0 Å². The van der Waals surface area contributed by atoms with Crippen LogP contribution in [0.25, 0.3) is 11.5 Å². The summed E-state index contributed by atoms with van der Waals surface area (Å²) >= 11 is 0. The van der Waals surface area contributed by atoms with E-state index in [1.165, 1.54) is 12.1 Å². The summed E-state index contributed by atoms with van der Waals surface area (Å²) < 4.78 is 49.7. The minimum atomic E-state index is -4.37. The number of halogens is 3. The second kappa shape index (κ2) is 10.3. The average molecular weight is 476 g/mol. The van der Waals surface area contributed by atoms with Crippen LogP contribution in [-0.4, -0.2) is 39.9 Å². The molecule has 3 aromatic rings. The molecule has 9 heteroatoms. The van der Waals surface area contributed by atoms with E-state index < -0.39 is 23.4 Å². The maximum atomic E-state index is 12.8. The number of aromatic nitrogens is 2. The normalized spacial score (nSPS) is 12.0. The minimum absolute atomic E-state index is 0.317. The van der Waals surface area contributed by atoms with Gasteiger partial charge in [-0.25, -0.2) is 4.79 Å². The van der Waals surface area contributed by atoms with Gasteiger partial charge in [-0.2, -0.15) is 13.2 Å². The molecule has 3 rings (SSSR count). The highest BCUT2D eigenvalue weighted by atomic mass is 19.4. The fourth-order valence-electron chi connectivity index (χ4n) is 3.31. The van der Waals surface area contributed by atoms with Crippen LogP contribution in [0.4, 0.5) is 18.0 Å². The molecule has 0 unspecified atom stereocenters. The van der Waals surface area contributed by atoms with Gasteiger partial charge in [0.15, 0.2) is 0 Å². The lowest BCUT2D eigenvalue weighted by Gasteiger charge is -2.26. The number of carbonyl (C=O) groups excluding carboxylic acids is 1. The van der Waals surface area contributed by atoms with Gasteiger partial charge in [-0.15, -0.1) is 10.2 Å². The standard InChI is InChI=1S/C25H28F3N3O3/c1-5-31(23(32)34-24(2,3)4)15-14-21-29-30-22(33-21)20-9-7-6-8-18(20)16-17-10-12-19(13-11-17)25(26,27)28/h6-13H,5,14-16H2,1-4H3. The first kappa shape index (κ1) is 25.3. The molecule has 0 aliphatic carbocycles. The van der Waals surface area contributed by atoms with Gasteiger partial charge in [-0.1, -0.05) is 30.3 Å². The summed E-state index contributed by atoms with van der Waals surface area (Å²) in [6.45, 7) is 8.13. The molecule has 0 aliphatic rings.